The first-order valence-corrected chi connectivity index (χ1v) is 13.4. The Balaban J connectivity index is 1.72. The molecule has 0 aromatic heterocycles. The Bertz CT molecular complexity index is 1380. The van der Waals surface area contributed by atoms with Gasteiger partial charge in [0.25, 0.3) is 5.91 Å². The Morgan fingerprint density at radius 1 is 1.14 bits per heavy atom. The molecule has 9 nitrogen and oxygen atoms in total. The summed E-state index contributed by atoms with van der Waals surface area (Å²) < 4.78 is 35.6. The maximum atomic E-state index is 13.4. The van der Waals surface area contributed by atoms with Crippen LogP contribution in [0.25, 0.3) is 0 Å². The minimum Gasteiger partial charge on any atom is -0.489 e. The van der Waals surface area contributed by atoms with Gasteiger partial charge in [0.05, 0.1) is 21.6 Å². The standard InChI is InChI=1S/C25H24ClN3O6S/c1-36(32,33)17-5-7-21-18(14-17)23(30)28-20(24(31)29-25(15-27)8-9-25)13-16-4-6-22(19(26)12-16)35-11-3-2-10-34-21/h2-7,12,14,20H,8-11,13H2,1H3,(H,28,30)(H,29,31)/b3-2+/t20-/m0/s1. The van der Waals surface area contributed by atoms with E-state index in [-0.39, 0.29) is 35.8 Å². The molecule has 5 rings (SSSR count). The van der Waals surface area contributed by atoms with Crippen LogP contribution in [0.15, 0.2) is 53.4 Å². The monoisotopic (exact) mass is 529 g/mol. The summed E-state index contributed by atoms with van der Waals surface area (Å²) in [4.78, 5) is 26.5. The molecule has 3 aliphatic rings. The van der Waals surface area contributed by atoms with Crippen LogP contribution in [0.3, 0.4) is 0 Å². The highest BCUT2D eigenvalue weighted by Crippen LogP contribution is 2.34. The third-order valence-electron chi connectivity index (χ3n) is 5.85. The van der Waals surface area contributed by atoms with Crippen molar-refractivity contribution in [2.45, 2.75) is 35.7 Å². The van der Waals surface area contributed by atoms with Crippen LogP contribution in [-0.2, 0) is 21.1 Å². The highest BCUT2D eigenvalue weighted by Gasteiger charge is 2.45. The smallest absolute Gasteiger partial charge is 0.255 e. The third-order valence-corrected chi connectivity index (χ3v) is 7.25. The van der Waals surface area contributed by atoms with Gasteiger partial charge in [-0.25, -0.2) is 8.42 Å². The van der Waals surface area contributed by atoms with Gasteiger partial charge in [-0.2, -0.15) is 5.26 Å². The van der Waals surface area contributed by atoms with Crippen LogP contribution in [0.4, 0.5) is 0 Å². The number of halogens is 1. The Morgan fingerprint density at radius 2 is 1.81 bits per heavy atom. The Hall–Kier alpha value is -3.55. The van der Waals surface area contributed by atoms with Crippen molar-refractivity contribution >= 4 is 33.3 Å². The number of nitrogens with one attached hydrogen (secondary N) is 2. The number of sulfone groups is 1. The minimum absolute atomic E-state index is 0.0396. The maximum Gasteiger partial charge on any atom is 0.255 e. The van der Waals surface area contributed by atoms with Crippen LogP contribution in [0.2, 0.25) is 5.02 Å². The number of ether oxygens (including phenoxy) is 2. The lowest BCUT2D eigenvalue weighted by molar-refractivity contribution is -0.123. The Kier molecular flexibility index (Phi) is 7.24. The predicted molar refractivity (Wildman–Crippen MR) is 132 cm³/mol. The number of fused-ring (bicyclic) bond motifs is 9. The molecule has 1 atom stereocenters. The summed E-state index contributed by atoms with van der Waals surface area (Å²) in [6.45, 7) is 0.313. The van der Waals surface area contributed by atoms with E-state index in [0.29, 0.717) is 29.2 Å². The van der Waals surface area contributed by atoms with E-state index < -0.39 is 33.2 Å². The number of rotatable bonds is 3. The molecule has 2 N–H and O–H groups in total. The van der Waals surface area contributed by atoms with E-state index in [2.05, 4.69) is 16.7 Å². The Morgan fingerprint density at radius 3 is 2.42 bits per heavy atom. The summed E-state index contributed by atoms with van der Waals surface area (Å²) in [6, 6.07) is 10.1. The third kappa shape index (κ3) is 5.98. The summed E-state index contributed by atoms with van der Waals surface area (Å²) in [6.07, 6.45) is 5.57. The largest absolute Gasteiger partial charge is 0.489 e. The molecule has 11 heteroatoms. The van der Waals surface area contributed by atoms with Gasteiger partial charge in [-0.3, -0.25) is 9.59 Å². The number of benzene rings is 2. The van der Waals surface area contributed by atoms with Crippen molar-refractivity contribution in [2.24, 2.45) is 0 Å². The second-order valence-electron chi connectivity index (χ2n) is 8.70. The van der Waals surface area contributed by atoms with Crippen LogP contribution in [-0.4, -0.2) is 51.3 Å². The van der Waals surface area contributed by atoms with Crippen molar-refractivity contribution in [1.29, 1.82) is 5.26 Å². The van der Waals surface area contributed by atoms with Crippen molar-refractivity contribution in [3.05, 3.63) is 64.7 Å². The molecule has 1 fully saturated rings. The van der Waals surface area contributed by atoms with Crippen LogP contribution in [0, 0.1) is 11.3 Å². The zero-order chi connectivity index (χ0) is 25.9. The molecule has 0 spiro atoms. The number of carbonyl (C=O) groups is 2. The first-order valence-electron chi connectivity index (χ1n) is 11.2. The van der Waals surface area contributed by atoms with Gasteiger partial charge >= 0.3 is 0 Å². The number of carbonyl (C=O) groups excluding carboxylic acids is 2. The molecule has 188 valence electrons. The van der Waals surface area contributed by atoms with E-state index in [4.69, 9.17) is 21.1 Å². The van der Waals surface area contributed by atoms with Crippen LogP contribution in [0.1, 0.15) is 28.8 Å². The van der Waals surface area contributed by atoms with Crippen molar-refractivity contribution in [3.63, 3.8) is 0 Å². The van der Waals surface area contributed by atoms with Gasteiger partial charge < -0.3 is 20.1 Å². The summed E-state index contributed by atoms with van der Waals surface area (Å²) in [7, 11) is -3.61. The van der Waals surface area contributed by atoms with Crippen LogP contribution >= 0.6 is 11.6 Å². The lowest BCUT2D eigenvalue weighted by atomic mass is 10.0. The first kappa shape index (κ1) is 25.5. The number of hydrogen-bond donors (Lipinski definition) is 2. The molecule has 2 aromatic rings. The van der Waals surface area contributed by atoms with Crippen molar-refractivity contribution in [2.75, 3.05) is 19.5 Å². The molecule has 1 saturated carbocycles. The van der Waals surface area contributed by atoms with E-state index in [9.17, 15) is 23.3 Å². The molecular formula is C25H24ClN3O6S. The fourth-order valence-corrected chi connectivity index (χ4v) is 4.54. The van der Waals surface area contributed by atoms with Crippen LogP contribution in [0.5, 0.6) is 11.5 Å². The maximum absolute atomic E-state index is 13.4. The zero-order valence-corrected chi connectivity index (χ0v) is 21.0. The second kappa shape index (κ2) is 10.2. The molecule has 2 heterocycles. The van der Waals surface area contributed by atoms with E-state index in [1.54, 1.807) is 30.4 Å². The molecule has 36 heavy (non-hydrogen) atoms. The van der Waals surface area contributed by atoms with Crippen molar-refractivity contribution < 1.29 is 27.5 Å². The number of amides is 2. The summed E-state index contributed by atoms with van der Waals surface area (Å²) in [5.41, 5.74) is -0.329. The van der Waals surface area contributed by atoms with Gasteiger partial charge in [-0.1, -0.05) is 17.7 Å². The molecule has 0 saturated heterocycles. The number of hydrogen-bond acceptors (Lipinski definition) is 7. The van der Waals surface area contributed by atoms with Gasteiger partial charge in [0, 0.05) is 12.7 Å². The first-order chi connectivity index (χ1) is 17.1. The van der Waals surface area contributed by atoms with Crippen molar-refractivity contribution in [3.8, 4) is 17.6 Å². The highest BCUT2D eigenvalue weighted by atomic mass is 35.5. The molecular weight excluding hydrogens is 506 g/mol. The van der Waals surface area contributed by atoms with Gasteiger partial charge in [0.1, 0.15) is 36.3 Å². The highest BCUT2D eigenvalue weighted by molar-refractivity contribution is 7.90. The average molecular weight is 530 g/mol. The van der Waals surface area contributed by atoms with Crippen molar-refractivity contribution in [1.82, 2.24) is 10.6 Å². The second-order valence-corrected chi connectivity index (χ2v) is 11.1. The average Bonchev–Trinajstić information content (AvgIpc) is 3.60. The lowest BCUT2D eigenvalue weighted by Gasteiger charge is -2.22. The van der Waals surface area contributed by atoms with E-state index in [1.807, 2.05) is 0 Å². The summed E-state index contributed by atoms with van der Waals surface area (Å²) in [5, 5.41) is 15.1. The minimum atomic E-state index is -3.61. The molecule has 2 amide bonds. The number of nitriles is 1. The number of nitrogens with zero attached hydrogens (tertiary/aromatic N) is 1. The molecule has 2 aromatic carbocycles. The lowest BCUT2D eigenvalue weighted by Crippen LogP contribution is -2.51. The van der Waals surface area contributed by atoms with E-state index in [1.165, 1.54) is 18.2 Å². The van der Waals surface area contributed by atoms with Gasteiger partial charge in [0.15, 0.2) is 9.84 Å². The molecule has 2 aliphatic heterocycles. The van der Waals surface area contributed by atoms with E-state index >= 15 is 0 Å². The van der Waals surface area contributed by atoms with Gasteiger partial charge in [-0.05, 0) is 60.9 Å². The van der Waals surface area contributed by atoms with E-state index in [0.717, 1.165) is 6.26 Å². The quantitative estimate of drug-likeness (QED) is 0.583. The fraction of sp³-hybridized carbons (Fsp3) is 0.320. The molecule has 0 unspecified atom stereocenters. The van der Waals surface area contributed by atoms with Gasteiger partial charge in [-0.15, -0.1) is 0 Å². The normalized spacial score (nSPS) is 20.0. The predicted octanol–water partition coefficient (Wildman–Crippen LogP) is 2.58. The Labute approximate surface area is 214 Å². The molecule has 0 radical (unpaired) electrons. The topological polar surface area (TPSA) is 135 Å². The fourth-order valence-electron chi connectivity index (χ4n) is 3.64. The summed E-state index contributed by atoms with van der Waals surface area (Å²) >= 11 is 6.35. The zero-order valence-electron chi connectivity index (χ0n) is 19.4. The summed E-state index contributed by atoms with van der Waals surface area (Å²) in [5.74, 6) is -0.619. The molecule has 2 bridgehead atoms. The molecule has 1 aliphatic carbocycles. The van der Waals surface area contributed by atoms with Crippen LogP contribution < -0.4 is 20.1 Å². The SMILES string of the molecule is CS(=O)(=O)c1ccc2c(c1)C(=O)N[C@H](C(=O)NC1(C#N)CC1)Cc1ccc(c(Cl)c1)OC/C=C/CO2. The van der Waals surface area contributed by atoms with Gasteiger partial charge in [0.2, 0.25) is 5.91 Å².